The Labute approximate surface area is 120 Å². The Balaban J connectivity index is 2.19. The van der Waals surface area contributed by atoms with Crippen molar-refractivity contribution >= 4 is 0 Å². The summed E-state index contributed by atoms with van der Waals surface area (Å²) in [6.45, 7) is 5.95. The van der Waals surface area contributed by atoms with E-state index in [9.17, 15) is 0 Å². The number of nitrogens with one attached hydrogen (secondary N) is 1. The third-order valence-corrected chi connectivity index (χ3v) is 3.10. The van der Waals surface area contributed by atoms with Crippen LogP contribution in [0.25, 0.3) is 11.4 Å². The highest BCUT2D eigenvalue weighted by molar-refractivity contribution is 5.58. The van der Waals surface area contributed by atoms with Gasteiger partial charge in [-0.3, -0.25) is 0 Å². The molecule has 0 atom stereocenters. The molecule has 1 aromatic carbocycles. The van der Waals surface area contributed by atoms with Crippen molar-refractivity contribution in [3.8, 4) is 17.1 Å². The predicted molar refractivity (Wildman–Crippen MR) is 80.8 cm³/mol. The SMILES string of the molecule is CCCNCc1ccnc(-c2ccc(OC)c(C)c2)n1. The van der Waals surface area contributed by atoms with Gasteiger partial charge in [0.2, 0.25) is 0 Å². The van der Waals surface area contributed by atoms with E-state index >= 15 is 0 Å². The Morgan fingerprint density at radius 2 is 2.10 bits per heavy atom. The van der Waals surface area contributed by atoms with Gasteiger partial charge in [-0.2, -0.15) is 0 Å². The van der Waals surface area contributed by atoms with Crippen LogP contribution in [0.1, 0.15) is 24.6 Å². The van der Waals surface area contributed by atoms with Gasteiger partial charge in [0, 0.05) is 18.3 Å². The Hall–Kier alpha value is -1.94. The number of hydrogen-bond donors (Lipinski definition) is 1. The molecular weight excluding hydrogens is 250 g/mol. The second-order valence-corrected chi connectivity index (χ2v) is 4.73. The number of aromatic nitrogens is 2. The first kappa shape index (κ1) is 14.5. The smallest absolute Gasteiger partial charge is 0.159 e. The maximum atomic E-state index is 5.27. The normalized spacial score (nSPS) is 10.6. The molecule has 0 saturated carbocycles. The van der Waals surface area contributed by atoms with Crippen LogP contribution >= 0.6 is 0 Å². The fourth-order valence-corrected chi connectivity index (χ4v) is 2.04. The van der Waals surface area contributed by atoms with E-state index in [0.29, 0.717) is 0 Å². The number of ether oxygens (including phenoxy) is 1. The van der Waals surface area contributed by atoms with Crippen molar-refractivity contribution in [1.29, 1.82) is 0 Å². The van der Waals surface area contributed by atoms with Gasteiger partial charge in [0.1, 0.15) is 5.75 Å². The first-order valence-electron chi connectivity index (χ1n) is 6.92. The highest BCUT2D eigenvalue weighted by Gasteiger charge is 2.05. The molecule has 4 heteroatoms. The second-order valence-electron chi connectivity index (χ2n) is 4.73. The summed E-state index contributed by atoms with van der Waals surface area (Å²) in [5, 5.41) is 3.35. The van der Waals surface area contributed by atoms with Crippen LogP contribution < -0.4 is 10.1 Å². The zero-order chi connectivity index (χ0) is 14.4. The second kappa shape index (κ2) is 7.01. The van der Waals surface area contributed by atoms with E-state index in [2.05, 4.69) is 28.3 Å². The number of rotatable bonds is 6. The molecule has 4 nitrogen and oxygen atoms in total. The highest BCUT2D eigenvalue weighted by atomic mass is 16.5. The molecule has 0 spiro atoms. The molecule has 0 unspecified atom stereocenters. The van der Waals surface area contributed by atoms with E-state index in [0.717, 1.165) is 47.9 Å². The van der Waals surface area contributed by atoms with Gasteiger partial charge in [0.15, 0.2) is 5.82 Å². The lowest BCUT2D eigenvalue weighted by molar-refractivity contribution is 0.412. The molecule has 2 aromatic rings. The minimum Gasteiger partial charge on any atom is -0.496 e. The lowest BCUT2D eigenvalue weighted by atomic mass is 10.1. The van der Waals surface area contributed by atoms with Gasteiger partial charge in [0.05, 0.1) is 12.8 Å². The molecule has 0 amide bonds. The average molecular weight is 271 g/mol. The molecule has 0 bridgehead atoms. The summed E-state index contributed by atoms with van der Waals surface area (Å²) in [6.07, 6.45) is 2.93. The van der Waals surface area contributed by atoms with Gasteiger partial charge in [-0.05, 0) is 49.7 Å². The summed E-state index contributed by atoms with van der Waals surface area (Å²) in [5.41, 5.74) is 3.11. The quantitative estimate of drug-likeness (QED) is 0.821. The van der Waals surface area contributed by atoms with Gasteiger partial charge < -0.3 is 10.1 Å². The van der Waals surface area contributed by atoms with Crippen LogP contribution in [0.15, 0.2) is 30.5 Å². The molecule has 0 aliphatic rings. The van der Waals surface area contributed by atoms with Gasteiger partial charge in [0.25, 0.3) is 0 Å². The molecule has 2 rings (SSSR count). The summed E-state index contributed by atoms with van der Waals surface area (Å²) in [5.74, 6) is 1.64. The van der Waals surface area contributed by atoms with Gasteiger partial charge in [-0.1, -0.05) is 6.92 Å². The lowest BCUT2D eigenvalue weighted by Crippen LogP contribution is -2.15. The molecule has 0 radical (unpaired) electrons. The van der Waals surface area contributed by atoms with Crippen LogP contribution in [0.3, 0.4) is 0 Å². The van der Waals surface area contributed by atoms with E-state index in [1.54, 1.807) is 7.11 Å². The topological polar surface area (TPSA) is 47.0 Å². The van der Waals surface area contributed by atoms with E-state index in [-0.39, 0.29) is 0 Å². The zero-order valence-corrected chi connectivity index (χ0v) is 12.3. The van der Waals surface area contributed by atoms with Gasteiger partial charge in [-0.15, -0.1) is 0 Å². The first-order valence-corrected chi connectivity index (χ1v) is 6.92. The van der Waals surface area contributed by atoms with Gasteiger partial charge >= 0.3 is 0 Å². The standard InChI is InChI=1S/C16H21N3O/c1-4-8-17-11-14-7-9-18-16(19-14)13-5-6-15(20-3)12(2)10-13/h5-7,9-10,17H,4,8,11H2,1-3H3. The zero-order valence-electron chi connectivity index (χ0n) is 12.3. The molecule has 1 N–H and O–H groups in total. The van der Waals surface area contributed by atoms with Crippen LogP contribution in [-0.4, -0.2) is 23.6 Å². The number of nitrogens with zero attached hydrogens (tertiary/aromatic N) is 2. The van der Waals surface area contributed by atoms with Crippen molar-refractivity contribution in [2.45, 2.75) is 26.8 Å². The van der Waals surface area contributed by atoms with Crippen LogP contribution in [0.5, 0.6) is 5.75 Å². The molecule has 20 heavy (non-hydrogen) atoms. The maximum Gasteiger partial charge on any atom is 0.159 e. The average Bonchev–Trinajstić information content (AvgIpc) is 2.48. The van der Waals surface area contributed by atoms with Crippen molar-refractivity contribution in [2.24, 2.45) is 0 Å². The maximum absolute atomic E-state index is 5.27. The minimum atomic E-state index is 0.756. The van der Waals surface area contributed by atoms with Crippen molar-refractivity contribution in [2.75, 3.05) is 13.7 Å². The summed E-state index contributed by atoms with van der Waals surface area (Å²) in [6, 6.07) is 7.94. The molecular formula is C16H21N3O. The van der Waals surface area contributed by atoms with Crippen molar-refractivity contribution in [3.63, 3.8) is 0 Å². The monoisotopic (exact) mass is 271 g/mol. The van der Waals surface area contributed by atoms with Crippen LogP contribution in [0, 0.1) is 6.92 Å². The van der Waals surface area contributed by atoms with E-state index in [1.165, 1.54) is 0 Å². The predicted octanol–water partition coefficient (Wildman–Crippen LogP) is 2.96. The van der Waals surface area contributed by atoms with Crippen molar-refractivity contribution < 1.29 is 4.74 Å². The van der Waals surface area contributed by atoms with Crippen LogP contribution in [-0.2, 0) is 6.54 Å². The van der Waals surface area contributed by atoms with E-state index in [4.69, 9.17) is 4.74 Å². The summed E-state index contributed by atoms with van der Waals surface area (Å²) in [7, 11) is 1.68. The molecule has 0 aliphatic carbocycles. The fraction of sp³-hybridized carbons (Fsp3) is 0.375. The molecule has 106 valence electrons. The number of hydrogen-bond acceptors (Lipinski definition) is 4. The summed E-state index contributed by atoms with van der Waals surface area (Å²) in [4.78, 5) is 8.95. The van der Waals surface area contributed by atoms with E-state index < -0.39 is 0 Å². The lowest BCUT2D eigenvalue weighted by Gasteiger charge is -2.08. The Bertz CT molecular complexity index is 569. The third-order valence-electron chi connectivity index (χ3n) is 3.10. The van der Waals surface area contributed by atoms with Crippen LogP contribution in [0.2, 0.25) is 0 Å². The third kappa shape index (κ3) is 3.54. The van der Waals surface area contributed by atoms with Gasteiger partial charge in [-0.25, -0.2) is 9.97 Å². The Morgan fingerprint density at radius 3 is 2.80 bits per heavy atom. The number of benzene rings is 1. The van der Waals surface area contributed by atoms with E-state index in [1.807, 2.05) is 31.3 Å². The molecule has 1 heterocycles. The fourth-order valence-electron chi connectivity index (χ4n) is 2.04. The first-order chi connectivity index (χ1) is 9.74. The summed E-state index contributed by atoms with van der Waals surface area (Å²) >= 11 is 0. The largest absolute Gasteiger partial charge is 0.496 e. The number of aryl methyl sites for hydroxylation is 1. The minimum absolute atomic E-state index is 0.756. The van der Waals surface area contributed by atoms with Crippen molar-refractivity contribution in [3.05, 3.63) is 41.7 Å². The molecule has 0 fully saturated rings. The number of methoxy groups -OCH3 is 1. The molecule has 1 aromatic heterocycles. The molecule has 0 saturated heterocycles. The Kier molecular flexibility index (Phi) is 5.07. The Morgan fingerprint density at radius 1 is 1.25 bits per heavy atom. The van der Waals surface area contributed by atoms with Crippen LogP contribution in [0.4, 0.5) is 0 Å². The molecule has 0 aliphatic heterocycles. The summed E-state index contributed by atoms with van der Waals surface area (Å²) < 4.78 is 5.27. The highest BCUT2D eigenvalue weighted by Crippen LogP contribution is 2.23. The van der Waals surface area contributed by atoms with Crippen molar-refractivity contribution in [1.82, 2.24) is 15.3 Å².